The summed E-state index contributed by atoms with van der Waals surface area (Å²) in [7, 11) is 3.10. The Balaban J connectivity index is 2.56. The van der Waals surface area contributed by atoms with E-state index in [1.807, 2.05) is 0 Å². The molecule has 0 aromatic rings. The van der Waals surface area contributed by atoms with E-state index < -0.39 is 6.35 Å². The highest BCUT2D eigenvalue weighted by Gasteiger charge is 2.08. The van der Waals surface area contributed by atoms with E-state index in [0.717, 1.165) is 0 Å². The zero-order valence-electron chi connectivity index (χ0n) is 5.94. The molecule has 0 aromatic heterocycles. The molecule has 1 unspecified atom stereocenters. The van der Waals surface area contributed by atoms with Gasteiger partial charge in [-0.25, -0.2) is 5.32 Å². The fraction of sp³-hybridized carbons (Fsp3) is 0.500. The molecule has 0 saturated carbocycles. The van der Waals surface area contributed by atoms with Gasteiger partial charge >= 0.3 is 0 Å². The van der Waals surface area contributed by atoms with Gasteiger partial charge in [0.05, 0.1) is 7.11 Å². The van der Waals surface area contributed by atoms with Crippen molar-refractivity contribution >= 4 is 5.90 Å². The molecule has 10 heavy (non-hydrogen) atoms. The molecule has 0 spiro atoms. The van der Waals surface area contributed by atoms with Crippen molar-refractivity contribution in [1.82, 2.24) is 5.32 Å². The topological polar surface area (TPSA) is 44.9 Å². The molecule has 0 N–H and O–H groups in total. The number of nitrogens with zero attached hydrogens (tertiary/aromatic N) is 2. The fourth-order valence-corrected chi connectivity index (χ4v) is 0.600. The van der Waals surface area contributed by atoms with Crippen molar-refractivity contribution in [3.05, 3.63) is 12.3 Å². The molecule has 0 aliphatic carbocycles. The van der Waals surface area contributed by atoms with Crippen LogP contribution in [0.3, 0.4) is 0 Å². The molecular formula is C6H9N2O2. The van der Waals surface area contributed by atoms with Gasteiger partial charge in [-0.05, 0) is 0 Å². The molecule has 0 saturated heterocycles. The summed E-state index contributed by atoms with van der Waals surface area (Å²) in [6.07, 6.45) is 2.86. The number of methoxy groups -OCH3 is 2. The molecule has 4 nitrogen and oxygen atoms in total. The van der Waals surface area contributed by atoms with Gasteiger partial charge < -0.3 is 9.47 Å². The summed E-state index contributed by atoms with van der Waals surface area (Å²) in [5.41, 5.74) is 0. The summed E-state index contributed by atoms with van der Waals surface area (Å²) in [5, 5.41) is 3.88. The number of hydrogen-bond donors (Lipinski definition) is 0. The summed E-state index contributed by atoms with van der Waals surface area (Å²) < 4.78 is 9.68. The summed E-state index contributed by atoms with van der Waals surface area (Å²) in [4.78, 5) is 3.94. The number of rotatable bonds is 1. The van der Waals surface area contributed by atoms with Gasteiger partial charge in [0, 0.05) is 19.4 Å². The lowest BCUT2D eigenvalue weighted by atomic mass is 10.5. The minimum Gasteiger partial charge on any atom is -0.481 e. The smallest absolute Gasteiger partial charge is 0.248 e. The van der Waals surface area contributed by atoms with Crippen LogP contribution in [0.4, 0.5) is 0 Å². The van der Waals surface area contributed by atoms with E-state index in [2.05, 4.69) is 10.3 Å². The minimum absolute atomic E-state index is 0.431. The summed E-state index contributed by atoms with van der Waals surface area (Å²) in [6, 6.07) is 0. The molecular weight excluding hydrogens is 132 g/mol. The molecule has 1 atom stereocenters. The molecule has 1 heterocycles. The fourth-order valence-electron chi connectivity index (χ4n) is 0.600. The molecule has 1 radical (unpaired) electrons. The maximum Gasteiger partial charge on any atom is 0.248 e. The van der Waals surface area contributed by atoms with Crippen molar-refractivity contribution in [2.24, 2.45) is 4.99 Å². The largest absolute Gasteiger partial charge is 0.481 e. The van der Waals surface area contributed by atoms with Crippen LogP contribution >= 0.6 is 0 Å². The van der Waals surface area contributed by atoms with Gasteiger partial charge in [-0.1, -0.05) is 0 Å². The van der Waals surface area contributed by atoms with Crippen LogP contribution in [-0.4, -0.2) is 26.5 Å². The van der Waals surface area contributed by atoms with Crippen LogP contribution in [0.5, 0.6) is 0 Å². The molecule has 4 heteroatoms. The van der Waals surface area contributed by atoms with Crippen LogP contribution < -0.4 is 5.32 Å². The van der Waals surface area contributed by atoms with Gasteiger partial charge in [0.25, 0.3) is 0 Å². The number of hydrogen-bond acceptors (Lipinski definition) is 3. The van der Waals surface area contributed by atoms with Crippen LogP contribution in [-0.2, 0) is 9.47 Å². The van der Waals surface area contributed by atoms with E-state index in [-0.39, 0.29) is 0 Å². The molecule has 0 aromatic carbocycles. The third-order valence-electron chi connectivity index (χ3n) is 1.09. The first-order valence-corrected chi connectivity index (χ1v) is 2.88. The maximum atomic E-state index is 4.85. The van der Waals surface area contributed by atoms with Crippen molar-refractivity contribution in [2.75, 3.05) is 14.2 Å². The SMILES string of the molecule is COC1=NC(OC)[N]C=C1. The van der Waals surface area contributed by atoms with Crippen molar-refractivity contribution in [3.63, 3.8) is 0 Å². The number of ether oxygens (including phenoxy) is 2. The first-order valence-electron chi connectivity index (χ1n) is 2.88. The Kier molecular flexibility index (Phi) is 2.28. The van der Waals surface area contributed by atoms with Crippen LogP contribution in [0.1, 0.15) is 0 Å². The highest BCUT2D eigenvalue weighted by atomic mass is 16.5. The van der Waals surface area contributed by atoms with Crippen LogP contribution in [0.15, 0.2) is 17.3 Å². The molecule has 1 rings (SSSR count). The second-order valence-corrected chi connectivity index (χ2v) is 1.70. The number of aliphatic imine (C=N–C) groups is 1. The highest BCUT2D eigenvalue weighted by molar-refractivity contribution is 5.88. The Morgan fingerprint density at radius 1 is 1.50 bits per heavy atom. The highest BCUT2D eigenvalue weighted by Crippen LogP contribution is 1.98. The Hall–Kier alpha value is -1.03. The van der Waals surface area contributed by atoms with E-state index >= 15 is 0 Å². The zero-order chi connectivity index (χ0) is 7.40. The third-order valence-corrected chi connectivity index (χ3v) is 1.09. The van der Waals surface area contributed by atoms with Crippen LogP contribution in [0.25, 0.3) is 0 Å². The second-order valence-electron chi connectivity index (χ2n) is 1.70. The minimum atomic E-state index is -0.431. The Labute approximate surface area is 59.5 Å². The van der Waals surface area contributed by atoms with Crippen molar-refractivity contribution in [3.8, 4) is 0 Å². The lowest BCUT2D eigenvalue weighted by Crippen LogP contribution is -2.23. The normalized spacial score (nSPS) is 23.4. The first-order chi connectivity index (χ1) is 4.86. The van der Waals surface area contributed by atoms with Gasteiger partial charge in [0.2, 0.25) is 12.2 Å². The standard InChI is InChI=1S/C6H9N2O2/c1-9-5-3-4-7-6(8-5)10-2/h3-4,6H,1-2H3. The predicted molar refractivity (Wildman–Crippen MR) is 36.5 cm³/mol. The monoisotopic (exact) mass is 141 g/mol. The lowest BCUT2D eigenvalue weighted by Gasteiger charge is -2.12. The summed E-state index contributed by atoms with van der Waals surface area (Å²) in [5.74, 6) is 0.543. The van der Waals surface area contributed by atoms with E-state index in [1.165, 1.54) is 0 Å². The summed E-state index contributed by atoms with van der Waals surface area (Å²) >= 11 is 0. The van der Waals surface area contributed by atoms with Gasteiger partial charge in [0.15, 0.2) is 0 Å². The second kappa shape index (κ2) is 3.22. The Bertz CT molecular complexity index is 165. The Morgan fingerprint density at radius 3 is 2.90 bits per heavy atom. The van der Waals surface area contributed by atoms with Crippen molar-refractivity contribution in [2.45, 2.75) is 6.35 Å². The summed E-state index contributed by atoms with van der Waals surface area (Å²) in [6.45, 7) is 0. The average molecular weight is 141 g/mol. The predicted octanol–water partition coefficient (Wildman–Crippen LogP) is 0.0930. The molecule has 0 fully saturated rings. The molecule has 0 amide bonds. The van der Waals surface area contributed by atoms with Crippen molar-refractivity contribution < 1.29 is 9.47 Å². The van der Waals surface area contributed by atoms with E-state index in [1.54, 1.807) is 26.5 Å². The third kappa shape index (κ3) is 1.48. The van der Waals surface area contributed by atoms with Gasteiger partial charge in [0.1, 0.15) is 0 Å². The van der Waals surface area contributed by atoms with Gasteiger partial charge in [-0.2, -0.15) is 4.99 Å². The quantitative estimate of drug-likeness (QED) is 0.519. The molecule has 1 aliphatic heterocycles. The maximum absolute atomic E-state index is 4.85. The van der Waals surface area contributed by atoms with Crippen LogP contribution in [0.2, 0.25) is 0 Å². The molecule has 55 valence electrons. The zero-order valence-corrected chi connectivity index (χ0v) is 5.94. The van der Waals surface area contributed by atoms with Gasteiger partial charge in [-0.15, -0.1) is 0 Å². The van der Waals surface area contributed by atoms with E-state index in [0.29, 0.717) is 5.90 Å². The van der Waals surface area contributed by atoms with E-state index in [9.17, 15) is 0 Å². The van der Waals surface area contributed by atoms with Crippen LogP contribution in [0, 0.1) is 0 Å². The molecule has 1 aliphatic rings. The Morgan fingerprint density at radius 2 is 2.30 bits per heavy atom. The first kappa shape index (κ1) is 7.08. The van der Waals surface area contributed by atoms with Crippen molar-refractivity contribution in [1.29, 1.82) is 0 Å². The lowest BCUT2D eigenvalue weighted by molar-refractivity contribution is 0.0871. The molecule has 0 bridgehead atoms. The van der Waals surface area contributed by atoms with Gasteiger partial charge in [-0.3, -0.25) is 0 Å². The average Bonchev–Trinajstić information content (AvgIpc) is 2.05. The van der Waals surface area contributed by atoms with E-state index in [4.69, 9.17) is 9.47 Å².